The molecule has 5 rings (SSSR count). The van der Waals surface area contributed by atoms with E-state index in [1.807, 2.05) is 0 Å². The zero-order chi connectivity index (χ0) is 25.1. The first kappa shape index (κ1) is 24.8. The van der Waals surface area contributed by atoms with E-state index in [4.69, 9.17) is 5.73 Å². The molecule has 3 unspecified atom stereocenters. The predicted molar refractivity (Wildman–Crippen MR) is 136 cm³/mol. The fourth-order valence-electron chi connectivity index (χ4n) is 11.0. The lowest BCUT2D eigenvalue weighted by Gasteiger charge is -2.71. The molecular formula is C30H49NO3. The lowest BCUT2D eigenvalue weighted by Crippen LogP contribution is -2.67. The number of allylic oxidation sites excluding steroid dienone is 2. The molecule has 4 nitrogen and oxygen atoms in total. The summed E-state index contributed by atoms with van der Waals surface area (Å²) in [6.07, 6.45) is 9.14. The second-order valence-corrected chi connectivity index (χ2v) is 14.7. The summed E-state index contributed by atoms with van der Waals surface area (Å²) in [5.41, 5.74) is 7.21. The number of carbonyl (C=O) groups is 1. The van der Waals surface area contributed by atoms with Crippen LogP contribution >= 0.6 is 0 Å². The van der Waals surface area contributed by atoms with Crippen molar-refractivity contribution in [3.8, 4) is 0 Å². The van der Waals surface area contributed by atoms with Gasteiger partial charge in [-0.15, -0.1) is 0 Å². The van der Waals surface area contributed by atoms with Gasteiger partial charge in [-0.3, -0.25) is 4.79 Å². The maximum absolute atomic E-state index is 13.0. The third-order valence-corrected chi connectivity index (χ3v) is 13.4. The van der Waals surface area contributed by atoms with Crippen LogP contribution < -0.4 is 5.73 Å². The summed E-state index contributed by atoms with van der Waals surface area (Å²) in [6.45, 7) is 16.5. The monoisotopic (exact) mass is 471 g/mol. The van der Waals surface area contributed by atoms with E-state index in [2.05, 4.69) is 54.5 Å². The molecule has 34 heavy (non-hydrogen) atoms. The van der Waals surface area contributed by atoms with Gasteiger partial charge in [-0.25, -0.2) is 0 Å². The predicted octanol–water partition coefficient (Wildman–Crippen LogP) is 5.46. The molecule has 4 saturated carbocycles. The Balaban J connectivity index is 1.62. The number of amides is 1. The first-order valence-electron chi connectivity index (χ1n) is 14.0. The molecule has 5 aliphatic rings. The Labute approximate surface area is 207 Å². The maximum atomic E-state index is 13.0. The van der Waals surface area contributed by atoms with E-state index in [-0.39, 0.29) is 38.9 Å². The van der Waals surface area contributed by atoms with Gasteiger partial charge in [-0.2, -0.15) is 0 Å². The molecule has 0 aromatic rings. The van der Waals surface area contributed by atoms with Gasteiger partial charge in [0, 0.05) is 0 Å². The van der Waals surface area contributed by atoms with Crippen molar-refractivity contribution in [1.29, 1.82) is 0 Å². The van der Waals surface area contributed by atoms with Crippen molar-refractivity contribution in [2.24, 2.45) is 62.4 Å². The first-order chi connectivity index (χ1) is 15.7. The molecule has 4 N–H and O–H groups in total. The fraction of sp³-hybridized carbons (Fsp3) is 0.900. The number of nitrogens with two attached hydrogens (primary N) is 1. The number of rotatable bonds is 1. The van der Waals surface area contributed by atoms with Gasteiger partial charge in [0.05, 0.1) is 17.6 Å². The van der Waals surface area contributed by atoms with Crippen LogP contribution in [0, 0.1) is 56.7 Å². The normalized spacial score (nSPS) is 56.3. The van der Waals surface area contributed by atoms with Crippen LogP contribution in [0.15, 0.2) is 11.6 Å². The molecule has 4 fully saturated rings. The third-order valence-electron chi connectivity index (χ3n) is 13.4. The number of hydrogen-bond acceptors (Lipinski definition) is 3. The number of fused-ring (bicyclic) bond motifs is 7. The minimum absolute atomic E-state index is 0.0100. The van der Waals surface area contributed by atoms with Gasteiger partial charge in [0.2, 0.25) is 5.91 Å². The molecule has 0 saturated heterocycles. The number of carbonyl (C=O) groups excluding carboxylic acids is 1. The van der Waals surface area contributed by atoms with Crippen molar-refractivity contribution in [2.45, 2.75) is 112 Å². The van der Waals surface area contributed by atoms with Crippen LogP contribution in [-0.2, 0) is 4.79 Å². The Morgan fingerprint density at radius 3 is 2.29 bits per heavy atom. The Kier molecular flexibility index (Phi) is 5.36. The molecule has 0 radical (unpaired) electrons. The lowest BCUT2D eigenvalue weighted by molar-refractivity contribution is -0.231. The highest BCUT2D eigenvalue weighted by Crippen LogP contribution is 2.75. The molecule has 1 amide bonds. The second-order valence-electron chi connectivity index (χ2n) is 14.7. The van der Waals surface area contributed by atoms with Gasteiger partial charge in [-0.1, -0.05) is 60.1 Å². The van der Waals surface area contributed by atoms with Crippen molar-refractivity contribution in [2.75, 3.05) is 0 Å². The minimum Gasteiger partial charge on any atom is -0.390 e. The van der Waals surface area contributed by atoms with E-state index in [1.54, 1.807) is 0 Å². The number of aliphatic hydroxyl groups excluding tert-OH is 2. The molecule has 0 aromatic carbocycles. The van der Waals surface area contributed by atoms with Crippen LogP contribution in [0.1, 0.15) is 99.8 Å². The van der Waals surface area contributed by atoms with Crippen molar-refractivity contribution < 1.29 is 15.0 Å². The number of primary amides is 1. The van der Waals surface area contributed by atoms with Gasteiger partial charge < -0.3 is 15.9 Å². The molecule has 4 heteroatoms. The van der Waals surface area contributed by atoms with Crippen molar-refractivity contribution in [3.63, 3.8) is 0 Å². The highest BCUT2D eigenvalue weighted by molar-refractivity contribution is 5.82. The van der Waals surface area contributed by atoms with E-state index in [9.17, 15) is 15.0 Å². The zero-order valence-electron chi connectivity index (χ0n) is 22.7. The van der Waals surface area contributed by atoms with Gasteiger partial charge >= 0.3 is 0 Å². The smallest absolute Gasteiger partial charge is 0.224 e. The van der Waals surface area contributed by atoms with Crippen LogP contribution in [0.3, 0.4) is 0 Å². The summed E-state index contributed by atoms with van der Waals surface area (Å²) in [6, 6.07) is 0. The molecule has 0 aromatic heterocycles. The van der Waals surface area contributed by atoms with Crippen LogP contribution in [0.2, 0.25) is 0 Å². The van der Waals surface area contributed by atoms with Crippen LogP contribution in [-0.4, -0.2) is 28.3 Å². The summed E-state index contributed by atoms with van der Waals surface area (Å²) >= 11 is 0. The summed E-state index contributed by atoms with van der Waals surface area (Å²) in [5, 5.41) is 21.9. The highest BCUT2D eigenvalue weighted by Gasteiger charge is 2.70. The van der Waals surface area contributed by atoms with Crippen LogP contribution in [0.4, 0.5) is 0 Å². The van der Waals surface area contributed by atoms with Crippen molar-refractivity contribution in [3.05, 3.63) is 11.6 Å². The van der Waals surface area contributed by atoms with E-state index < -0.39 is 12.2 Å². The van der Waals surface area contributed by atoms with Gasteiger partial charge in [0.15, 0.2) is 0 Å². The number of aliphatic hydroxyl groups is 2. The van der Waals surface area contributed by atoms with Crippen molar-refractivity contribution in [1.82, 2.24) is 0 Å². The second kappa shape index (κ2) is 7.34. The quantitative estimate of drug-likeness (QED) is 0.444. The molecule has 0 heterocycles. The molecule has 11 atom stereocenters. The fourth-order valence-corrected chi connectivity index (χ4v) is 11.0. The third kappa shape index (κ3) is 2.76. The number of hydrogen-bond donors (Lipinski definition) is 3. The zero-order valence-corrected chi connectivity index (χ0v) is 22.7. The molecule has 0 spiro atoms. The van der Waals surface area contributed by atoms with Crippen molar-refractivity contribution >= 4 is 5.91 Å². The van der Waals surface area contributed by atoms with Gasteiger partial charge in [-0.05, 0) is 103 Å². The Morgan fingerprint density at radius 1 is 0.971 bits per heavy atom. The van der Waals surface area contributed by atoms with Gasteiger partial charge in [0.1, 0.15) is 0 Å². The van der Waals surface area contributed by atoms with E-state index >= 15 is 0 Å². The molecular weight excluding hydrogens is 422 g/mol. The molecule has 0 bridgehead atoms. The Morgan fingerprint density at radius 2 is 1.65 bits per heavy atom. The summed E-state index contributed by atoms with van der Waals surface area (Å²) in [7, 11) is 0. The average Bonchev–Trinajstić information content (AvgIpc) is 2.75. The lowest BCUT2D eigenvalue weighted by atomic mass is 9.33. The SMILES string of the molecule is C[C@@H]1CC[C@]2(C(N)=O)CC[C@]3(C)C(=CCC4[C@@]5(C)C[C@@H](O)[C@H](O)C(C)(C)C5CC[C@]43C)C2[C@H]1C. The summed E-state index contributed by atoms with van der Waals surface area (Å²) < 4.78 is 0. The maximum Gasteiger partial charge on any atom is 0.224 e. The minimum atomic E-state index is -0.662. The Bertz CT molecular complexity index is 911. The van der Waals surface area contributed by atoms with E-state index in [0.717, 1.165) is 44.9 Å². The highest BCUT2D eigenvalue weighted by atomic mass is 16.3. The van der Waals surface area contributed by atoms with E-state index in [1.165, 1.54) is 5.57 Å². The molecule has 192 valence electrons. The topological polar surface area (TPSA) is 83.6 Å². The standard InChI is InChI=1S/C30H49NO3/c1-17-10-13-30(25(31)34)15-14-28(6)19(23(30)18(17)2)8-9-22-27(5)16-20(32)24(33)26(3,4)21(27)11-12-29(22,28)7/h8,17-18,20-24,32-33H,9-16H2,1-7H3,(H2,31,34)/t17-,18+,20-,21?,22?,23?,24+,27+,28-,29-,30+/m1/s1. The first-order valence-corrected chi connectivity index (χ1v) is 14.0. The van der Waals surface area contributed by atoms with Crippen LogP contribution in [0.5, 0.6) is 0 Å². The van der Waals surface area contributed by atoms with Crippen LogP contribution in [0.25, 0.3) is 0 Å². The average molecular weight is 472 g/mol. The largest absolute Gasteiger partial charge is 0.390 e. The summed E-state index contributed by atoms with van der Waals surface area (Å²) in [4.78, 5) is 13.0. The molecule has 5 aliphatic carbocycles. The van der Waals surface area contributed by atoms with E-state index in [0.29, 0.717) is 30.1 Å². The van der Waals surface area contributed by atoms with Gasteiger partial charge in [0.25, 0.3) is 0 Å². The summed E-state index contributed by atoms with van der Waals surface area (Å²) in [5.74, 6) is 2.11. The molecule has 0 aliphatic heterocycles. The Hall–Kier alpha value is -0.870.